The lowest BCUT2D eigenvalue weighted by molar-refractivity contribution is -0.142. The Kier molecular flexibility index (Phi) is 10.2. The quantitative estimate of drug-likeness (QED) is 0.290. The van der Waals surface area contributed by atoms with E-state index in [4.69, 9.17) is 9.47 Å². The lowest BCUT2D eigenvalue weighted by atomic mass is 9.85. The van der Waals surface area contributed by atoms with Crippen molar-refractivity contribution in [3.8, 4) is 11.8 Å². The molecule has 0 radical (unpaired) electrons. The zero-order valence-electron chi connectivity index (χ0n) is 29.7. The Hall–Kier alpha value is -4.47. The number of aromatic nitrogens is 1. The number of allylic oxidation sites excluding steroid dienone is 1. The second-order valence-corrected chi connectivity index (χ2v) is 17.1. The van der Waals surface area contributed by atoms with Crippen LogP contribution in [-0.4, -0.2) is 89.4 Å². The normalized spacial score (nSPS) is 30.2. The maximum Gasteiger partial charge on any atom is 0.405 e. The fraction of sp³-hybridized carbons (Fsp3) is 0.583. The van der Waals surface area contributed by atoms with Gasteiger partial charge in [0.2, 0.25) is 33.6 Å². The van der Waals surface area contributed by atoms with Crippen LogP contribution < -0.4 is 24.8 Å². The number of halogens is 1. The lowest BCUT2D eigenvalue weighted by Crippen LogP contribution is -2.59. The van der Waals surface area contributed by atoms with Crippen LogP contribution in [0.3, 0.4) is 0 Å². The van der Waals surface area contributed by atoms with E-state index in [1.807, 2.05) is 26.0 Å². The summed E-state index contributed by atoms with van der Waals surface area (Å²) >= 11 is 0. The first-order valence-corrected chi connectivity index (χ1v) is 19.2. The number of hydrogen-bond acceptors (Lipinski definition) is 9. The molecule has 14 nitrogen and oxygen atoms in total. The van der Waals surface area contributed by atoms with Crippen molar-refractivity contribution < 1.29 is 46.6 Å². The van der Waals surface area contributed by atoms with Crippen molar-refractivity contribution in [2.75, 3.05) is 13.7 Å². The molecule has 1 saturated heterocycles. The molecule has 4 amide bonds. The highest BCUT2D eigenvalue weighted by molar-refractivity contribution is 7.91. The first kappa shape index (κ1) is 37.3. The molecule has 4 aliphatic rings. The predicted octanol–water partition coefficient (Wildman–Crippen LogP) is 3.64. The molecule has 2 aromatic rings. The minimum absolute atomic E-state index is 0.0687. The van der Waals surface area contributed by atoms with Crippen LogP contribution in [0.15, 0.2) is 36.4 Å². The Balaban J connectivity index is 1.36. The number of rotatable bonds is 8. The third-order valence-corrected chi connectivity index (χ3v) is 13.3. The van der Waals surface area contributed by atoms with Gasteiger partial charge in [-0.3, -0.25) is 19.1 Å². The van der Waals surface area contributed by atoms with E-state index >= 15 is 0 Å². The number of fused-ring (bicyclic) bond motifs is 3. The molecular weight excluding hydrogens is 697 g/mol. The molecule has 0 spiro atoms. The molecule has 16 heteroatoms. The number of nitrogens with zero attached hydrogens (tertiary/aromatic N) is 2. The Bertz CT molecular complexity index is 1900. The number of carboxylic acid groups (broad SMARTS) is 1. The van der Waals surface area contributed by atoms with Gasteiger partial charge in [-0.15, -0.1) is 0 Å². The van der Waals surface area contributed by atoms with Crippen molar-refractivity contribution >= 4 is 44.6 Å². The van der Waals surface area contributed by atoms with Crippen molar-refractivity contribution in [2.45, 2.75) is 101 Å². The fourth-order valence-electron chi connectivity index (χ4n) is 7.47. The van der Waals surface area contributed by atoms with Gasteiger partial charge in [-0.1, -0.05) is 32.4 Å². The standard InChI is InChI=1S/C36H46FN5O9S/c1-5-21-14-20(2)8-6-7-9-23-18-36(23,33(45)41-52(48,49)35(3)12-13-35)40-30(43)27-17-25(19-42(27)32(44)29(21)39-34(46)47)51-31-26-11-10-24(37)15-22(26)16-28(38-31)50-4/h7,9-11,15-16,20-21,23,25,27,29,39H,5-6,8,12-14,17-19H2,1-4H3,(H,40,43)(H,41,45)(H,46,47)/t20-,21+,23+,25+,27-,29-,36+/m0/s1. The zero-order valence-corrected chi connectivity index (χ0v) is 30.5. The molecule has 2 saturated carbocycles. The first-order chi connectivity index (χ1) is 24.6. The van der Waals surface area contributed by atoms with Gasteiger partial charge in [0.25, 0.3) is 5.91 Å². The number of hydrogen-bond donors (Lipinski definition) is 4. The van der Waals surface area contributed by atoms with E-state index in [0.717, 1.165) is 6.42 Å². The fourth-order valence-corrected chi connectivity index (χ4v) is 8.79. The van der Waals surface area contributed by atoms with Crippen molar-refractivity contribution in [3.05, 3.63) is 42.2 Å². The second kappa shape index (κ2) is 14.2. The van der Waals surface area contributed by atoms with Gasteiger partial charge in [-0.25, -0.2) is 17.6 Å². The van der Waals surface area contributed by atoms with E-state index in [1.54, 1.807) is 13.0 Å². The molecule has 3 heterocycles. The van der Waals surface area contributed by atoms with Gasteiger partial charge in [0.05, 0.1) is 18.4 Å². The first-order valence-electron chi connectivity index (χ1n) is 17.8. The van der Waals surface area contributed by atoms with E-state index in [9.17, 15) is 37.1 Å². The molecule has 2 aliphatic heterocycles. The summed E-state index contributed by atoms with van der Waals surface area (Å²) in [5, 5.41) is 16.0. The van der Waals surface area contributed by atoms with Crippen molar-refractivity contribution in [1.29, 1.82) is 0 Å². The van der Waals surface area contributed by atoms with Gasteiger partial charge in [0.1, 0.15) is 29.5 Å². The van der Waals surface area contributed by atoms with Gasteiger partial charge in [0.15, 0.2) is 0 Å². The van der Waals surface area contributed by atoms with Gasteiger partial charge in [0, 0.05) is 23.8 Å². The summed E-state index contributed by atoms with van der Waals surface area (Å²) in [7, 11) is -2.63. The van der Waals surface area contributed by atoms with Crippen LogP contribution in [0.1, 0.15) is 72.1 Å². The maximum atomic E-state index is 14.5. The van der Waals surface area contributed by atoms with Crippen molar-refractivity contribution in [2.24, 2.45) is 17.8 Å². The molecule has 1 aromatic carbocycles. The maximum absolute atomic E-state index is 14.5. The Labute approximate surface area is 301 Å². The summed E-state index contributed by atoms with van der Waals surface area (Å²) in [4.78, 5) is 60.4. The van der Waals surface area contributed by atoms with E-state index in [1.165, 1.54) is 30.2 Å². The molecule has 6 rings (SSSR count). The van der Waals surface area contributed by atoms with Crippen LogP contribution in [0.2, 0.25) is 0 Å². The Morgan fingerprint density at radius 3 is 2.62 bits per heavy atom. The van der Waals surface area contributed by atoms with Gasteiger partial charge in [-0.2, -0.15) is 4.98 Å². The summed E-state index contributed by atoms with van der Waals surface area (Å²) < 4.78 is 53.2. The number of carbonyl (C=O) groups excluding carboxylic acids is 3. The number of benzene rings is 1. The second-order valence-electron chi connectivity index (χ2n) is 14.9. The van der Waals surface area contributed by atoms with E-state index in [2.05, 4.69) is 20.3 Å². The smallest absolute Gasteiger partial charge is 0.405 e. The lowest BCUT2D eigenvalue weighted by Gasteiger charge is -2.33. The average Bonchev–Trinajstić information content (AvgIpc) is 3.97. The Morgan fingerprint density at radius 2 is 1.94 bits per heavy atom. The summed E-state index contributed by atoms with van der Waals surface area (Å²) in [5.74, 6) is -3.22. The topological polar surface area (TPSA) is 193 Å². The van der Waals surface area contributed by atoms with E-state index in [-0.39, 0.29) is 37.1 Å². The number of sulfonamides is 1. The van der Waals surface area contributed by atoms with Crippen LogP contribution >= 0.6 is 0 Å². The molecule has 3 fully saturated rings. The molecule has 52 heavy (non-hydrogen) atoms. The van der Waals surface area contributed by atoms with Crippen molar-refractivity contribution in [1.82, 2.24) is 25.2 Å². The minimum atomic E-state index is -4.03. The number of nitrogens with one attached hydrogen (secondary N) is 3. The summed E-state index contributed by atoms with van der Waals surface area (Å²) in [6.45, 7) is 5.33. The summed E-state index contributed by atoms with van der Waals surface area (Å²) in [6.07, 6.45) is 4.80. The van der Waals surface area contributed by atoms with Crippen LogP contribution in [0.4, 0.5) is 9.18 Å². The monoisotopic (exact) mass is 743 g/mol. The number of pyridine rings is 1. The van der Waals surface area contributed by atoms with Crippen LogP contribution in [0.5, 0.6) is 11.8 Å². The molecular formula is C36H46FN5O9S. The van der Waals surface area contributed by atoms with E-state index < -0.39 is 80.0 Å². The third-order valence-electron chi connectivity index (χ3n) is 11.1. The number of carbonyl (C=O) groups is 4. The minimum Gasteiger partial charge on any atom is -0.481 e. The van der Waals surface area contributed by atoms with Gasteiger partial charge < -0.3 is 30.1 Å². The van der Waals surface area contributed by atoms with Crippen LogP contribution in [0.25, 0.3) is 10.8 Å². The molecule has 7 atom stereocenters. The van der Waals surface area contributed by atoms with E-state index in [0.29, 0.717) is 42.9 Å². The van der Waals surface area contributed by atoms with Gasteiger partial charge in [-0.05, 0) is 80.9 Å². The SMILES string of the molecule is CC[C@@H]1C[C@@H](C)CCC=C[C@@H]2C[C@@]2(C(=O)NS(=O)(=O)C2(C)CC2)NC(=O)[C@@H]2C[C@@H](Oc3nc(OC)cc4cc(F)ccc34)CN2C(=O)[C@H]1NC(=O)O. The molecule has 0 unspecified atom stereocenters. The third kappa shape index (κ3) is 7.39. The van der Waals surface area contributed by atoms with Crippen LogP contribution in [-0.2, 0) is 24.4 Å². The Morgan fingerprint density at radius 1 is 1.19 bits per heavy atom. The highest BCUT2D eigenvalue weighted by Gasteiger charge is 2.63. The average molecular weight is 744 g/mol. The van der Waals surface area contributed by atoms with Crippen LogP contribution in [0, 0.1) is 23.6 Å². The zero-order chi connectivity index (χ0) is 37.6. The van der Waals surface area contributed by atoms with Gasteiger partial charge >= 0.3 is 6.09 Å². The van der Waals surface area contributed by atoms with Crippen molar-refractivity contribution in [3.63, 3.8) is 0 Å². The molecule has 4 N–H and O–H groups in total. The molecule has 282 valence electrons. The molecule has 0 bridgehead atoms. The number of amides is 4. The number of methoxy groups -OCH3 is 1. The highest BCUT2D eigenvalue weighted by Crippen LogP contribution is 2.47. The molecule has 1 aromatic heterocycles. The largest absolute Gasteiger partial charge is 0.481 e. The summed E-state index contributed by atoms with van der Waals surface area (Å²) in [6, 6.07) is 3.18. The summed E-state index contributed by atoms with van der Waals surface area (Å²) in [5.41, 5.74) is -1.58. The highest BCUT2D eigenvalue weighted by atomic mass is 32.2. The molecule has 2 aliphatic carbocycles. The number of ether oxygens (including phenoxy) is 2. The predicted molar refractivity (Wildman–Crippen MR) is 187 cm³/mol.